The summed E-state index contributed by atoms with van der Waals surface area (Å²) in [5.41, 5.74) is 0.561. The highest BCUT2D eigenvalue weighted by atomic mass is 16.5. The van der Waals surface area contributed by atoms with Crippen LogP contribution in [-0.2, 0) is 4.74 Å². The largest absolute Gasteiger partial charge is 0.504 e. The van der Waals surface area contributed by atoms with E-state index in [-0.39, 0.29) is 17.6 Å². The van der Waals surface area contributed by atoms with Crippen LogP contribution in [0.25, 0.3) is 0 Å². The van der Waals surface area contributed by atoms with Gasteiger partial charge in [0.15, 0.2) is 11.5 Å². The molecule has 1 aromatic carbocycles. The Kier molecular flexibility index (Phi) is 2.14. The Labute approximate surface area is 81.6 Å². The van der Waals surface area contributed by atoms with Gasteiger partial charge in [-0.3, -0.25) is 0 Å². The van der Waals surface area contributed by atoms with Crippen molar-refractivity contribution >= 4 is 0 Å². The molecule has 0 amide bonds. The third-order valence-corrected chi connectivity index (χ3v) is 2.05. The maximum atomic E-state index is 9.56. The van der Waals surface area contributed by atoms with Crippen LogP contribution in [0.1, 0.15) is 11.7 Å². The zero-order chi connectivity index (χ0) is 9.97. The zero-order valence-corrected chi connectivity index (χ0v) is 7.42. The Morgan fingerprint density at radius 1 is 1.14 bits per heavy atom. The predicted octanol–water partition coefficient (Wildman–Crippen LogP) is 2.24. The zero-order valence-electron chi connectivity index (χ0n) is 7.42. The summed E-state index contributed by atoms with van der Waals surface area (Å²) < 4.78 is 5.26. The Bertz CT molecular complexity index is 394. The van der Waals surface area contributed by atoms with Crippen LogP contribution < -0.4 is 0 Å². The summed E-state index contributed by atoms with van der Waals surface area (Å²) in [4.78, 5) is 0. The van der Waals surface area contributed by atoms with Crippen LogP contribution in [0.4, 0.5) is 0 Å². The van der Waals surface area contributed by atoms with Crippen molar-refractivity contribution in [2.24, 2.45) is 0 Å². The van der Waals surface area contributed by atoms with Crippen LogP contribution in [0.2, 0.25) is 0 Å². The van der Waals surface area contributed by atoms with Gasteiger partial charge in [-0.1, -0.05) is 18.2 Å². The summed E-state index contributed by atoms with van der Waals surface area (Å²) in [5.74, 6) is -0.258. The first kappa shape index (κ1) is 8.69. The quantitative estimate of drug-likeness (QED) is 0.667. The molecule has 3 heteroatoms. The van der Waals surface area contributed by atoms with E-state index in [0.717, 1.165) is 0 Å². The first-order valence-electron chi connectivity index (χ1n) is 4.28. The molecule has 14 heavy (non-hydrogen) atoms. The normalized spacial score (nSPS) is 19.3. The molecule has 2 N–H and O–H groups in total. The second-order valence-electron chi connectivity index (χ2n) is 2.99. The number of phenols is 2. The fraction of sp³-hybridized carbons (Fsp3) is 0.0909. The van der Waals surface area contributed by atoms with E-state index in [1.807, 2.05) is 6.08 Å². The van der Waals surface area contributed by atoms with Gasteiger partial charge in [-0.05, 0) is 18.2 Å². The van der Waals surface area contributed by atoms with Crippen molar-refractivity contribution in [1.29, 1.82) is 0 Å². The molecule has 0 saturated carbocycles. The summed E-state index contributed by atoms with van der Waals surface area (Å²) in [7, 11) is 0. The molecule has 1 aliphatic rings. The summed E-state index contributed by atoms with van der Waals surface area (Å²) >= 11 is 0. The number of rotatable bonds is 1. The second-order valence-corrected chi connectivity index (χ2v) is 2.99. The van der Waals surface area contributed by atoms with E-state index in [2.05, 4.69) is 0 Å². The van der Waals surface area contributed by atoms with Gasteiger partial charge in [-0.15, -0.1) is 0 Å². The molecular formula is C11H10O3. The van der Waals surface area contributed by atoms with Gasteiger partial charge in [-0.2, -0.15) is 0 Å². The molecular weight excluding hydrogens is 180 g/mol. The van der Waals surface area contributed by atoms with Gasteiger partial charge in [0.05, 0.1) is 6.26 Å². The van der Waals surface area contributed by atoms with E-state index >= 15 is 0 Å². The molecule has 0 spiro atoms. The number of aromatic hydroxyl groups is 2. The summed E-state index contributed by atoms with van der Waals surface area (Å²) in [6, 6.07) is 4.81. The number of hydrogen-bond acceptors (Lipinski definition) is 3. The fourth-order valence-electron chi connectivity index (χ4n) is 1.34. The van der Waals surface area contributed by atoms with Crippen LogP contribution in [-0.4, -0.2) is 10.2 Å². The lowest BCUT2D eigenvalue weighted by Gasteiger charge is -2.16. The number of hydrogen-bond donors (Lipinski definition) is 2. The van der Waals surface area contributed by atoms with E-state index in [1.165, 1.54) is 6.07 Å². The first-order valence-corrected chi connectivity index (χ1v) is 4.28. The predicted molar refractivity (Wildman–Crippen MR) is 51.9 cm³/mol. The lowest BCUT2D eigenvalue weighted by molar-refractivity contribution is 0.182. The van der Waals surface area contributed by atoms with Crippen molar-refractivity contribution in [3.05, 3.63) is 48.3 Å². The lowest BCUT2D eigenvalue weighted by atomic mass is 10.1. The van der Waals surface area contributed by atoms with Gasteiger partial charge >= 0.3 is 0 Å². The standard InChI is InChI=1S/C11H10O3/c12-9-5-3-4-8(11(9)13)10-6-1-2-7-14-10/h1-7,10,12-13H. The fourth-order valence-corrected chi connectivity index (χ4v) is 1.34. The van der Waals surface area contributed by atoms with Crippen molar-refractivity contribution < 1.29 is 14.9 Å². The molecule has 0 radical (unpaired) electrons. The molecule has 1 unspecified atom stereocenters. The molecule has 0 fully saturated rings. The van der Waals surface area contributed by atoms with Crippen molar-refractivity contribution in [1.82, 2.24) is 0 Å². The second kappa shape index (κ2) is 3.46. The average molecular weight is 190 g/mol. The van der Waals surface area contributed by atoms with E-state index < -0.39 is 0 Å². The Morgan fingerprint density at radius 2 is 2.00 bits per heavy atom. The van der Waals surface area contributed by atoms with Crippen LogP contribution in [0, 0.1) is 0 Å². The number of ether oxygens (including phenoxy) is 1. The molecule has 2 rings (SSSR count). The molecule has 1 aliphatic heterocycles. The SMILES string of the molecule is Oc1cccc(C2C=CC=CO2)c1O. The Morgan fingerprint density at radius 3 is 2.71 bits per heavy atom. The van der Waals surface area contributed by atoms with E-state index in [0.29, 0.717) is 5.56 Å². The van der Waals surface area contributed by atoms with E-state index in [9.17, 15) is 10.2 Å². The molecule has 3 nitrogen and oxygen atoms in total. The van der Waals surface area contributed by atoms with Crippen molar-refractivity contribution in [3.63, 3.8) is 0 Å². The van der Waals surface area contributed by atoms with Gasteiger partial charge in [-0.25, -0.2) is 0 Å². The highest BCUT2D eigenvalue weighted by Gasteiger charge is 2.15. The lowest BCUT2D eigenvalue weighted by Crippen LogP contribution is -1.99. The highest BCUT2D eigenvalue weighted by Crippen LogP contribution is 2.35. The maximum Gasteiger partial charge on any atom is 0.164 e. The Hall–Kier alpha value is -1.90. The number of phenolic OH excluding ortho intramolecular Hbond substituents is 2. The molecule has 0 bridgehead atoms. The molecule has 0 aromatic heterocycles. The third kappa shape index (κ3) is 1.44. The number of para-hydroxylation sites is 1. The van der Waals surface area contributed by atoms with Crippen molar-refractivity contribution in [2.75, 3.05) is 0 Å². The topological polar surface area (TPSA) is 49.7 Å². The minimum Gasteiger partial charge on any atom is -0.504 e. The van der Waals surface area contributed by atoms with Gasteiger partial charge in [0.2, 0.25) is 0 Å². The molecule has 1 aromatic rings. The maximum absolute atomic E-state index is 9.56. The minimum atomic E-state index is -0.327. The molecule has 72 valence electrons. The van der Waals surface area contributed by atoms with Crippen LogP contribution in [0.3, 0.4) is 0 Å². The number of allylic oxidation sites excluding steroid dienone is 2. The van der Waals surface area contributed by atoms with Gasteiger partial charge in [0, 0.05) is 5.56 Å². The van der Waals surface area contributed by atoms with Crippen LogP contribution >= 0.6 is 0 Å². The van der Waals surface area contributed by atoms with E-state index in [1.54, 1.807) is 30.5 Å². The summed E-state index contributed by atoms with van der Waals surface area (Å²) in [6.07, 6.45) is 6.61. The average Bonchev–Trinajstić information content (AvgIpc) is 2.23. The van der Waals surface area contributed by atoms with Crippen LogP contribution in [0.5, 0.6) is 11.5 Å². The van der Waals surface area contributed by atoms with Crippen molar-refractivity contribution in [3.8, 4) is 11.5 Å². The molecule has 0 aliphatic carbocycles. The van der Waals surface area contributed by atoms with Crippen molar-refractivity contribution in [2.45, 2.75) is 6.10 Å². The highest BCUT2D eigenvalue weighted by molar-refractivity contribution is 5.46. The van der Waals surface area contributed by atoms with Crippen LogP contribution in [0.15, 0.2) is 42.7 Å². The first-order chi connectivity index (χ1) is 6.79. The van der Waals surface area contributed by atoms with E-state index in [4.69, 9.17) is 4.74 Å². The molecule has 1 atom stereocenters. The third-order valence-electron chi connectivity index (χ3n) is 2.05. The number of benzene rings is 1. The van der Waals surface area contributed by atoms with Gasteiger partial charge in [0.25, 0.3) is 0 Å². The monoisotopic (exact) mass is 190 g/mol. The summed E-state index contributed by atoms with van der Waals surface area (Å²) in [6.45, 7) is 0. The minimum absolute atomic E-state index is 0.127. The van der Waals surface area contributed by atoms with Gasteiger partial charge < -0.3 is 14.9 Å². The Balaban J connectivity index is 2.36. The smallest absolute Gasteiger partial charge is 0.164 e. The summed E-state index contributed by atoms with van der Waals surface area (Å²) in [5, 5.41) is 18.8. The molecule has 1 heterocycles. The molecule has 0 saturated heterocycles. The van der Waals surface area contributed by atoms with Gasteiger partial charge in [0.1, 0.15) is 6.10 Å².